The second-order valence-electron chi connectivity index (χ2n) is 7.06. The molecule has 2 fully saturated rings. The van der Waals surface area contributed by atoms with Crippen molar-refractivity contribution in [3.8, 4) is 0 Å². The lowest BCUT2D eigenvalue weighted by molar-refractivity contribution is -0.147. The smallest absolute Gasteiger partial charge is 0.326 e. The molecule has 3 rings (SSSR count). The standard InChI is InChI=1S/C18H25N3O5S/c1-14-4-2-5-15(12-14)19-8-10-20(11-9-19)27(25,26)13-17(22)21-7-3-6-16(21)18(23)24/h2,4-5,12,16H,3,6-11,13H2,1H3,(H,23,24)/t16-/m0/s1. The van der Waals surface area contributed by atoms with Crippen LogP contribution in [0.5, 0.6) is 0 Å². The highest BCUT2D eigenvalue weighted by Crippen LogP contribution is 2.21. The Morgan fingerprint density at radius 2 is 1.85 bits per heavy atom. The molecule has 1 aromatic rings. The predicted molar refractivity (Wildman–Crippen MR) is 101 cm³/mol. The first-order valence-corrected chi connectivity index (χ1v) is 10.7. The summed E-state index contributed by atoms with van der Waals surface area (Å²) >= 11 is 0. The number of aryl methyl sites for hydroxylation is 1. The molecule has 2 heterocycles. The van der Waals surface area contributed by atoms with E-state index in [1.54, 1.807) is 0 Å². The van der Waals surface area contributed by atoms with Gasteiger partial charge >= 0.3 is 5.97 Å². The number of carboxylic acids is 1. The van der Waals surface area contributed by atoms with Gasteiger partial charge in [0.15, 0.2) is 0 Å². The Bertz CT molecular complexity index is 818. The number of sulfonamides is 1. The Morgan fingerprint density at radius 1 is 1.15 bits per heavy atom. The van der Waals surface area contributed by atoms with Gasteiger partial charge in [0.2, 0.25) is 15.9 Å². The Hall–Kier alpha value is -2.13. The Morgan fingerprint density at radius 3 is 2.48 bits per heavy atom. The number of rotatable bonds is 5. The number of piperazine rings is 1. The molecule has 0 spiro atoms. The van der Waals surface area contributed by atoms with Gasteiger partial charge in [0.25, 0.3) is 0 Å². The number of hydrogen-bond donors (Lipinski definition) is 1. The largest absolute Gasteiger partial charge is 0.480 e. The maximum atomic E-state index is 12.6. The lowest BCUT2D eigenvalue weighted by atomic mass is 10.2. The molecule has 2 aliphatic rings. The summed E-state index contributed by atoms with van der Waals surface area (Å²) in [5.41, 5.74) is 2.20. The molecule has 2 aliphatic heterocycles. The molecule has 0 bridgehead atoms. The molecule has 1 atom stereocenters. The number of aliphatic carboxylic acids is 1. The summed E-state index contributed by atoms with van der Waals surface area (Å²) in [5.74, 6) is -2.37. The minimum Gasteiger partial charge on any atom is -0.480 e. The van der Waals surface area contributed by atoms with Gasteiger partial charge < -0.3 is 14.9 Å². The summed E-state index contributed by atoms with van der Waals surface area (Å²) in [6, 6.07) is 7.14. The van der Waals surface area contributed by atoms with Crippen molar-refractivity contribution in [2.24, 2.45) is 0 Å². The van der Waals surface area contributed by atoms with Crippen LogP contribution in [0.4, 0.5) is 5.69 Å². The van der Waals surface area contributed by atoms with E-state index in [9.17, 15) is 23.1 Å². The van der Waals surface area contributed by atoms with E-state index in [4.69, 9.17) is 0 Å². The molecule has 0 radical (unpaired) electrons. The number of carbonyl (C=O) groups excluding carboxylic acids is 1. The summed E-state index contributed by atoms with van der Waals surface area (Å²) in [4.78, 5) is 26.9. The molecule has 8 nitrogen and oxygen atoms in total. The van der Waals surface area contributed by atoms with E-state index in [2.05, 4.69) is 11.0 Å². The SMILES string of the molecule is Cc1cccc(N2CCN(S(=O)(=O)CC(=O)N3CCC[C@H]3C(=O)O)CC2)c1. The highest BCUT2D eigenvalue weighted by Gasteiger charge is 2.37. The number of anilines is 1. The molecule has 0 unspecified atom stereocenters. The molecular formula is C18H25N3O5S. The lowest BCUT2D eigenvalue weighted by Crippen LogP contribution is -2.51. The predicted octanol–water partition coefficient (Wildman–Crippen LogP) is 0.522. The van der Waals surface area contributed by atoms with Gasteiger partial charge in [0.1, 0.15) is 11.8 Å². The van der Waals surface area contributed by atoms with Crippen LogP contribution in [0.1, 0.15) is 18.4 Å². The van der Waals surface area contributed by atoms with Crippen LogP contribution in [0.15, 0.2) is 24.3 Å². The Labute approximate surface area is 159 Å². The molecule has 1 aromatic carbocycles. The van der Waals surface area contributed by atoms with Crippen molar-refractivity contribution < 1.29 is 23.1 Å². The molecule has 1 N–H and O–H groups in total. The van der Waals surface area contributed by atoms with Gasteiger partial charge in [0.05, 0.1) is 0 Å². The van der Waals surface area contributed by atoms with E-state index in [1.807, 2.05) is 25.1 Å². The van der Waals surface area contributed by atoms with Gasteiger partial charge in [-0.3, -0.25) is 4.79 Å². The fraction of sp³-hybridized carbons (Fsp3) is 0.556. The van der Waals surface area contributed by atoms with Crippen molar-refractivity contribution in [1.82, 2.24) is 9.21 Å². The average Bonchev–Trinajstić information content (AvgIpc) is 3.12. The fourth-order valence-electron chi connectivity index (χ4n) is 3.70. The van der Waals surface area contributed by atoms with E-state index >= 15 is 0 Å². The third-order valence-electron chi connectivity index (χ3n) is 5.16. The summed E-state index contributed by atoms with van der Waals surface area (Å²) < 4.78 is 26.6. The second-order valence-corrected chi connectivity index (χ2v) is 9.03. The van der Waals surface area contributed by atoms with Crippen LogP contribution >= 0.6 is 0 Å². The van der Waals surface area contributed by atoms with Gasteiger partial charge in [-0.1, -0.05) is 12.1 Å². The molecular weight excluding hydrogens is 370 g/mol. The normalized spacial score (nSPS) is 21.4. The molecule has 9 heteroatoms. The summed E-state index contributed by atoms with van der Waals surface area (Å²) in [6.07, 6.45) is 0.953. The quantitative estimate of drug-likeness (QED) is 0.781. The number of carbonyl (C=O) groups is 2. The summed E-state index contributed by atoms with van der Waals surface area (Å²) in [7, 11) is -3.76. The van der Waals surface area contributed by atoms with E-state index in [1.165, 1.54) is 9.21 Å². The molecule has 0 aromatic heterocycles. The zero-order valence-corrected chi connectivity index (χ0v) is 16.2. The van der Waals surface area contributed by atoms with Crippen molar-refractivity contribution in [1.29, 1.82) is 0 Å². The van der Waals surface area contributed by atoms with Crippen LogP contribution in [0.2, 0.25) is 0 Å². The van der Waals surface area contributed by atoms with Gasteiger partial charge in [-0.05, 0) is 37.5 Å². The number of benzene rings is 1. The molecule has 1 amide bonds. The maximum absolute atomic E-state index is 12.6. The van der Waals surface area contributed by atoms with Crippen molar-refractivity contribution in [3.05, 3.63) is 29.8 Å². The third-order valence-corrected chi connectivity index (χ3v) is 6.93. The number of likely N-dealkylation sites (tertiary alicyclic amines) is 1. The minimum absolute atomic E-state index is 0.298. The number of nitrogens with zero attached hydrogens (tertiary/aromatic N) is 3. The van der Waals surface area contributed by atoms with E-state index < -0.39 is 33.7 Å². The topological polar surface area (TPSA) is 98.2 Å². The van der Waals surface area contributed by atoms with Crippen molar-refractivity contribution in [2.75, 3.05) is 43.4 Å². The first kappa shape index (κ1) is 19.6. The monoisotopic (exact) mass is 395 g/mol. The van der Waals surface area contributed by atoms with E-state index in [0.717, 1.165) is 11.3 Å². The highest BCUT2D eigenvalue weighted by molar-refractivity contribution is 7.89. The summed E-state index contributed by atoms with van der Waals surface area (Å²) in [5, 5.41) is 9.18. The van der Waals surface area contributed by atoms with Crippen molar-refractivity contribution in [2.45, 2.75) is 25.8 Å². The summed E-state index contributed by atoms with van der Waals surface area (Å²) in [6.45, 7) is 4.04. The van der Waals surface area contributed by atoms with Crippen LogP contribution in [0, 0.1) is 6.92 Å². The van der Waals surface area contributed by atoms with Crippen molar-refractivity contribution in [3.63, 3.8) is 0 Å². The molecule has 148 valence electrons. The van der Waals surface area contributed by atoms with Crippen LogP contribution in [-0.2, 0) is 19.6 Å². The first-order chi connectivity index (χ1) is 12.8. The zero-order valence-electron chi connectivity index (χ0n) is 15.4. The van der Waals surface area contributed by atoms with E-state index in [-0.39, 0.29) is 0 Å². The second kappa shape index (κ2) is 7.85. The van der Waals surface area contributed by atoms with Gasteiger partial charge in [-0.25, -0.2) is 13.2 Å². The maximum Gasteiger partial charge on any atom is 0.326 e. The molecule has 27 heavy (non-hydrogen) atoms. The number of hydrogen-bond acceptors (Lipinski definition) is 5. The minimum atomic E-state index is -3.76. The zero-order chi connectivity index (χ0) is 19.6. The molecule has 0 saturated carbocycles. The fourth-order valence-corrected chi connectivity index (χ4v) is 5.08. The van der Waals surface area contributed by atoms with Crippen LogP contribution in [-0.4, -0.2) is 79.1 Å². The van der Waals surface area contributed by atoms with Crippen LogP contribution in [0.25, 0.3) is 0 Å². The molecule has 0 aliphatic carbocycles. The molecule has 2 saturated heterocycles. The number of amides is 1. The third kappa shape index (κ3) is 4.41. The van der Waals surface area contributed by atoms with Gasteiger partial charge in [0, 0.05) is 38.4 Å². The van der Waals surface area contributed by atoms with E-state index in [0.29, 0.717) is 45.6 Å². The lowest BCUT2D eigenvalue weighted by Gasteiger charge is -2.35. The highest BCUT2D eigenvalue weighted by atomic mass is 32.2. The Balaban J connectivity index is 1.60. The first-order valence-electron chi connectivity index (χ1n) is 9.09. The van der Waals surface area contributed by atoms with Crippen molar-refractivity contribution >= 4 is 27.6 Å². The van der Waals surface area contributed by atoms with Gasteiger partial charge in [-0.2, -0.15) is 4.31 Å². The van der Waals surface area contributed by atoms with Gasteiger partial charge in [-0.15, -0.1) is 0 Å². The Kier molecular flexibility index (Phi) is 5.71. The average molecular weight is 395 g/mol. The van der Waals surface area contributed by atoms with Crippen LogP contribution < -0.4 is 4.90 Å². The number of carboxylic acid groups (broad SMARTS) is 1. The van der Waals surface area contributed by atoms with Crippen LogP contribution in [0.3, 0.4) is 0 Å².